The summed E-state index contributed by atoms with van der Waals surface area (Å²) in [6.07, 6.45) is 1.33. The Balaban J connectivity index is 2.25. The van der Waals surface area contributed by atoms with Gasteiger partial charge >= 0.3 is 5.97 Å². The second-order valence-corrected chi connectivity index (χ2v) is 4.55. The number of aryl methyl sites for hydroxylation is 2. The number of hydrogen-bond acceptors (Lipinski definition) is 3. The van der Waals surface area contributed by atoms with Crippen LogP contribution in [0.5, 0.6) is 0 Å². The summed E-state index contributed by atoms with van der Waals surface area (Å²) in [5.41, 5.74) is 6.98. The van der Waals surface area contributed by atoms with Crippen LogP contribution in [0, 0.1) is 0 Å². The van der Waals surface area contributed by atoms with Crippen LogP contribution in [-0.4, -0.2) is 15.6 Å². The van der Waals surface area contributed by atoms with E-state index in [-0.39, 0.29) is 12.2 Å². The van der Waals surface area contributed by atoms with Crippen molar-refractivity contribution in [1.82, 2.24) is 4.57 Å². The average molecular weight is 272 g/mol. The highest BCUT2D eigenvalue weighted by atomic mass is 16.4. The predicted octanol–water partition coefficient (Wildman–Crippen LogP) is 1.30. The van der Waals surface area contributed by atoms with Gasteiger partial charge in [-0.25, -0.2) is 0 Å². The molecule has 0 unspecified atom stereocenters. The number of carboxylic acid groups (broad SMARTS) is 1. The van der Waals surface area contributed by atoms with Gasteiger partial charge in [0, 0.05) is 5.69 Å². The summed E-state index contributed by atoms with van der Waals surface area (Å²) in [5.74, 6) is -1.06. The van der Waals surface area contributed by atoms with Crippen LogP contribution in [0.25, 0.3) is 0 Å². The molecule has 0 radical (unpaired) electrons. The van der Waals surface area contributed by atoms with Crippen LogP contribution in [0.2, 0.25) is 0 Å². The number of nitrogens with two attached hydrogens (primary N) is 1. The van der Waals surface area contributed by atoms with Crippen molar-refractivity contribution < 1.29 is 9.90 Å². The van der Waals surface area contributed by atoms with E-state index in [1.807, 2.05) is 30.3 Å². The van der Waals surface area contributed by atoms with E-state index in [0.29, 0.717) is 12.1 Å². The van der Waals surface area contributed by atoms with Gasteiger partial charge in [0.15, 0.2) is 0 Å². The van der Waals surface area contributed by atoms with Crippen molar-refractivity contribution in [1.29, 1.82) is 0 Å². The second kappa shape index (κ2) is 6.06. The van der Waals surface area contributed by atoms with Crippen LogP contribution in [0.15, 0.2) is 47.3 Å². The standard InChI is InChI=1S/C15H16N2O3/c16-13-9-8-12(17(15(13)20)10-14(18)19)7-6-11-4-2-1-3-5-11/h1-5,8-9H,6-7,10,16H2,(H,18,19). The number of rotatable bonds is 5. The van der Waals surface area contributed by atoms with Crippen molar-refractivity contribution in [3.05, 3.63) is 64.1 Å². The summed E-state index contributed by atoms with van der Waals surface area (Å²) in [6, 6.07) is 13.1. The number of nitrogens with zero attached hydrogens (tertiary/aromatic N) is 1. The third-order valence-corrected chi connectivity index (χ3v) is 3.10. The van der Waals surface area contributed by atoms with E-state index in [2.05, 4.69) is 0 Å². The highest BCUT2D eigenvalue weighted by Gasteiger charge is 2.10. The number of anilines is 1. The molecule has 0 saturated heterocycles. The van der Waals surface area contributed by atoms with Gasteiger partial charge in [-0.1, -0.05) is 30.3 Å². The van der Waals surface area contributed by atoms with E-state index >= 15 is 0 Å². The van der Waals surface area contributed by atoms with Gasteiger partial charge in [0.25, 0.3) is 5.56 Å². The molecular formula is C15H16N2O3. The molecule has 3 N–H and O–H groups in total. The number of carbonyl (C=O) groups is 1. The van der Waals surface area contributed by atoms with Crippen LogP contribution in [0.4, 0.5) is 5.69 Å². The zero-order valence-electron chi connectivity index (χ0n) is 11.0. The number of nitrogen functional groups attached to an aromatic ring is 1. The minimum atomic E-state index is -1.06. The molecule has 0 aliphatic rings. The topological polar surface area (TPSA) is 85.3 Å². The van der Waals surface area contributed by atoms with E-state index in [9.17, 15) is 9.59 Å². The molecule has 0 aliphatic heterocycles. The largest absolute Gasteiger partial charge is 0.480 e. The zero-order valence-corrected chi connectivity index (χ0v) is 11.0. The molecule has 0 bridgehead atoms. The quantitative estimate of drug-likeness (QED) is 0.859. The fourth-order valence-electron chi connectivity index (χ4n) is 2.08. The van der Waals surface area contributed by atoms with Crippen molar-refractivity contribution in [2.24, 2.45) is 0 Å². The van der Waals surface area contributed by atoms with E-state index in [1.165, 1.54) is 10.6 Å². The summed E-state index contributed by atoms with van der Waals surface area (Å²) >= 11 is 0. The first kappa shape index (κ1) is 13.9. The summed E-state index contributed by atoms with van der Waals surface area (Å²) in [6.45, 7) is -0.367. The van der Waals surface area contributed by atoms with Crippen LogP contribution in [0.1, 0.15) is 11.3 Å². The first-order chi connectivity index (χ1) is 9.58. The Kier molecular flexibility index (Phi) is 4.20. The number of benzene rings is 1. The van der Waals surface area contributed by atoms with Crippen molar-refractivity contribution in [3.63, 3.8) is 0 Å². The molecule has 0 saturated carbocycles. The molecule has 0 fully saturated rings. The maximum absolute atomic E-state index is 11.9. The number of carboxylic acids is 1. The number of aromatic nitrogens is 1. The first-order valence-corrected chi connectivity index (χ1v) is 6.32. The lowest BCUT2D eigenvalue weighted by Gasteiger charge is -2.11. The molecule has 1 aromatic heterocycles. The van der Waals surface area contributed by atoms with E-state index in [1.54, 1.807) is 6.07 Å². The summed E-state index contributed by atoms with van der Waals surface area (Å²) < 4.78 is 1.22. The first-order valence-electron chi connectivity index (χ1n) is 6.32. The van der Waals surface area contributed by atoms with Crippen molar-refractivity contribution in [2.45, 2.75) is 19.4 Å². The minimum absolute atomic E-state index is 0.0645. The van der Waals surface area contributed by atoms with Gasteiger partial charge in [0.05, 0.1) is 5.69 Å². The van der Waals surface area contributed by atoms with Gasteiger partial charge in [-0.05, 0) is 30.5 Å². The number of hydrogen-bond donors (Lipinski definition) is 2. The highest BCUT2D eigenvalue weighted by molar-refractivity contribution is 5.66. The lowest BCUT2D eigenvalue weighted by Crippen LogP contribution is -2.29. The van der Waals surface area contributed by atoms with Crippen LogP contribution in [-0.2, 0) is 24.2 Å². The summed E-state index contributed by atoms with van der Waals surface area (Å²) in [7, 11) is 0. The Morgan fingerprint density at radius 1 is 1.10 bits per heavy atom. The van der Waals surface area contributed by atoms with E-state index in [4.69, 9.17) is 10.8 Å². The van der Waals surface area contributed by atoms with Gasteiger partial charge in [0.1, 0.15) is 6.54 Å². The molecular weight excluding hydrogens is 256 g/mol. The molecule has 0 aliphatic carbocycles. The normalized spacial score (nSPS) is 10.4. The van der Waals surface area contributed by atoms with Crippen molar-refractivity contribution >= 4 is 11.7 Å². The molecule has 0 spiro atoms. The Labute approximate surface area is 116 Å². The molecule has 5 heteroatoms. The lowest BCUT2D eigenvalue weighted by molar-refractivity contribution is -0.137. The lowest BCUT2D eigenvalue weighted by atomic mass is 10.1. The molecule has 0 amide bonds. The highest BCUT2D eigenvalue weighted by Crippen LogP contribution is 2.08. The summed E-state index contributed by atoms with van der Waals surface area (Å²) in [4.78, 5) is 22.8. The monoisotopic (exact) mass is 272 g/mol. The van der Waals surface area contributed by atoms with Gasteiger partial charge in [-0.3, -0.25) is 14.2 Å². The molecule has 2 rings (SSSR count). The van der Waals surface area contributed by atoms with Crippen molar-refractivity contribution in [3.8, 4) is 0 Å². The fraction of sp³-hybridized carbons (Fsp3) is 0.200. The zero-order chi connectivity index (χ0) is 14.5. The van der Waals surface area contributed by atoms with Crippen LogP contribution in [0.3, 0.4) is 0 Å². The van der Waals surface area contributed by atoms with E-state index in [0.717, 1.165) is 12.0 Å². The van der Waals surface area contributed by atoms with E-state index < -0.39 is 11.5 Å². The third-order valence-electron chi connectivity index (χ3n) is 3.10. The third kappa shape index (κ3) is 3.26. The maximum atomic E-state index is 11.9. The van der Waals surface area contributed by atoms with Gasteiger partial charge in [-0.2, -0.15) is 0 Å². The van der Waals surface area contributed by atoms with Crippen molar-refractivity contribution in [2.75, 3.05) is 5.73 Å². The molecule has 2 aromatic rings. The average Bonchev–Trinajstić information content (AvgIpc) is 2.44. The van der Waals surface area contributed by atoms with Gasteiger partial charge in [0.2, 0.25) is 0 Å². The maximum Gasteiger partial charge on any atom is 0.323 e. The molecule has 1 heterocycles. The Hall–Kier alpha value is -2.56. The molecule has 5 nitrogen and oxygen atoms in total. The Bertz CT molecular complexity index is 663. The fourth-order valence-corrected chi connectivity index (χ4v) is 2.08. The summed E-state index contributed by atoms with van der Waals surface area (Å²) in [5, 5.41) is 8.89. The van der Waals surface area contributed by atoms with Crippen LogP contribution < -0.4 is 11.3 Å². The van der Waals surface area contributed by atoms with Gasteiger partial charge in [-0.15, -0.1) is 0 Å². The molecule has 1 aromatic carbocycles. The second-order valence-electron chi connectivity index (χ2n) is 4.55. The smallest absolute Gasteiger partial charge is 0.323 e. The molecule has 104 valence electrons. The Morgan fingerprint density at radius 3 is 2.45 bits per heavy atom. The predicted molar refractivity (Wildman–Crippen MR) is 76.6 cm³/mol. The number of pyridine rings is 1. The SMILES string of the molecule is Nc1ccc(CCc2ccccc2)n(CC(=O)O)c1=O. The molecule has 0 atom stereocenters. The Morgan fingerprint density at radius 2 is 1.80 bits per heavy atom. The van der Waals surface area contributed by atoms with Crippen LogP contribution >= 0.6 is 0 Å². The number of aliphatic carboxylic acids is 1. The minimum Gasteiger partial charge on any atom is -0.480 e. The molecule has 20 heavy (non-hydrogen) atoms. The van der Waals surface area contributed by atoms with Gasteiger partial charge < -0.3 is 10.8 Å².